The van der Waals surface area contributed by atoms with Crippen molar-refractivity contribution in [2.24, 2.45) is 0 Å². The molecule has 0 aliphatic carbocycles. The van der Waals surface area contributed by atoms with Crippen LogP contribution in [0.5, 0.6) is 0 Å². The molecule has 2 aromatic carbocycles. The molecule has 1 heterocycles. The van der Waals surface area contributed by atoms with Gasteiger partial charge in [-0.2, -0.15) is 0 Å². The van der Waals surface area contributed by atoms with E-state index in [4.69, 9.17) is 11.6 Å². The van der Waals surface area contributed by atoms with Crippen LogP contribution in [0.15, 0.2) is 42.5 Å². The molecular weight excluding hydrogens is 345 g/mol. The van der Waals surface area contributed by atoms with Crippen molar-refractivity contribution in [1.29, 1.82) is 0 Å². The first-order valence-corrected chi connectivity index (χ1v) is 8.17. The number of alkyl carbamates (subject to hydrolysis) is 1. The van der Waals surface area contributed by atoms with E-state index in [1.54, 1.807) is 12.1 Å². The molecular formula is C18H17ClFN3O2. The van der Waals surface area contributed by atoms with E-state index in [1.165, 1.54) is 13.2 Å². The third-order valence-corrected chi connectivity index (χ3v) is 4.27. The summed E-state index contributed by atoms with van der Waals surface area (Å²) in [6, 6.07) is 12.2. The summed E-state index contributed by atoms with van der Waals surface area (Å²) in [5.41, 5.74) is 2.10. The highest BCUT2D eigenvalue weighted by molar-refractivity contribution is 6.31. The van der Waals surface area contributed by atoms with Crippen LogP contribution in [0.1, 0.15) is 11.4 Å². The number of imidazole rings is 1. The Kier molecular flexibility index (Phi) is 5.19. The Labute approximate surface area is 149 Å². The molecule has 0 aliphatic rings. The average molecular weight is 362 g/mol. The lowest BCUT2D eigenvalue weighted by Crippen LogP contribution is -2.26. The molecule has 1 N–H and O–H groups in total. The Morgan fingerprint density at radius 3 is 2.84 bits per heavy atom. The number of rotatable bonds is 5. The molecule has 25 heavy (non-hydrogen) atoms. The van der Waals surface area contributed by atoms with Crippen molar-refractivity contribution in [3.05, 3.63) is 64.7 Å². The minimum atomic E-state index is -0.500. The van der Waals surface area contributed by atoms with E-state index in [2.05, 4.69) is 15.0 Å². The number of hydrogen-bond acceptors (Lipinski definition) is 3. The zero-order valence-corrected chi connectivity index (χ0v) is 14.4. The number of nitrogens with one attached hydrogen (secondary N) is 1. The highest BCUT2D eigenvalue weighted by Crippen LogP contribution is 2.24. The van der Waals surface area contributed by atoms with Gasteiger partial charge < -0.3 is 14.6 Å². The molecule has 0 saturated carbocycles. The lowest BCUT2D eigenvalue weighted by Gasteiger charge is -2.12. The lowest BCUT2D eigenvalue weighted by atomic mass is 10.2. The highest BCUT2D eigenvalue weighted by atomic mass is 35.5. The highest BCUT2D eigenvalue weighted by Gasteiger charge is 2.15. The molecule has 0 atom stereocenters. The monoisotopic (exact) mass is 361 g/mol. The lowest BCUT2D eigenvalue weighted by molar-refractivity contribution is 0.171. The van der Waals surface area contributed by atoms with Crippen molar-refractivity contribution >= 4 is 28.7 Å². The zero-order valence-electron chi connectivity index (χ0n) is 13.6. The van der Waals surface area contributed by atoms with E-state index in [9.17, 15) is 9.18 Å². The number of carbonyl (C=O) groups is 1. The molecule has 0 unspecified atom stereocenters. The van der Waals surface area contributed by atoms with Crippen molar-refractivity contribution < 1.29 is 13.9 Å². The van der Waals surface area contributed by atoms with Gasteiger partial charge in [-0.25, -0.2) is 14.2 Å². The Balaban J connectivity index is 1.94. The summed E-state index contributed by atoms with van der Waals surface area (Å²) in [4.78, 5) is 15.8. The predicted molar refractivity (Wildman–Crippen MR) is 94.4 cm³/mol. The van der Waals surface area contributed by atoms with Crippen molar-refractivity contribution in [2.75, 3.05) is 13.7 Å². The van der Waals surface area contributed by atoms with Gasteiger partial charge in [0.25, 0.3) is 0 Å². The van der Waals surface area contributed by atoms with E-state index < -0.39 is 6.09 Å². The van der Waals surface area contributed by atoms with Crippen LogP contribution < -0.4 is 5.32 Å². The Morgan fingerprint density at radius 1 is 1.28 bits per heavy atom. The minimum absolute atomic E-state index is 0.263. The molecule has 130 valence electrons. The van der Waals surface area contributed by atoms with Crippen LogP contribution in [-0.2, 0) is 17.7 Å². The molecule has 7 heteroatoms. The van der Waals surface area contributed by atoms with E-state index in [0.29, 0.717) is 23.6 Å². The van der Waals surface area contributed by atoms with Crippen LogP contribution >= 0.6 is 11.6 Å². The van der Waals surface area contributed by atoms with Crippen LogP contribution in [0.25, 0.3) is 11.0 Å². The number of aromatic nitrogens is 2. The number of fused-ring (bicyclic) bond motifs is 1. The molecule has 5 nitrogen and oxygen atoms in total. The molecule has 1 amide bonds. The van der Waals surface area contributed by atoms with Crippen LogP contribution in [0.4, 0.5) is 9.18 Å². The fraction of sp³-hybridized carbons (Fsp3) is 0.222. The molecule has 0 spiro atoms. The minimum Gasteiger partial charge on any atom is -0.453 e. The summed E-state index contributed by atoms with van der Waals surface area (Å²) < 4.78 is 20.7. The van der Waals surface area contributed by atoms with E-state index in [1.807, 2.05) is 28.8 Å². The van der Waals surface area contributed by atoms with E-state index in [-0.39, 0.29) is 12.4 Å². The number of amides is 1. The second-order valence-electron chi connectivity index (χ2n) is 5.47. The molecule has 1 aromatic heterocycles. The molecule has 0 fully saturated rings. The summed E-state index contributed by atoms with van der Waals surface area (Å²) in [5.74, 6) is 0.376. The summed E-state index contributed by atoms with van der Waals surface area (Å²) in [6.07, 6.45) is -0.0182. The molecule has 3 aromatic rings. The van der Waals surface area contributed by atoms with Crippen molar-refractivity contribution in [3.63, 3.8) is 0 Å². The summed E-state index contributed by atoms with van der Waals surface area (Å²) in [5, 5.41) is 3.00. The summed E-state index contributed by atoms with van der Waals surface area (Å²) in [6.45, 7) is 0.626. The third kappa shape index (κ3) is 3.74. The topological polar surface area (TPSA) is 56.1 Å². The smallest absolute Gasteiger partial charge is 0.406 e. The summed E-state index contributed by atoms with van der Waals surface area (Å²) >= 11 is 6.17. The number of methoxy groups -OCH3 is 1. The number of carbonyl (C=O) groups excluding carboxylic acids is 1. The van der Waals surface area contributed by atoms with Gasteiger partial charge in [0.1, 0.15) is 11.6 Å². The fourth-order valence-electron chi connectivity index (χ4n) is 2.68. The van der Waals surface area contributed by atoms with Gasteiger partial charge in [0.05, 0.1) is 24.7 Å². The predicted octanol–water partition coefficient (Wildman–Crippen LogP) is 3.78. The van der Waals surface area contributed by atoms with Crippen molar-refractivity contribution in [1.82, 2.24) is 14.9 Å². The van der Waals surface area contributed by atoms with Gasteiger partial charge in [0, 0.05) is 23.6 Å². The Hall–Kier alpha value is -2.60. The largest absolute Gasteiger partial charge is 0.453 e. The van der Waals surface area contributed by atoms with Crippen LogP contribution in [0, 0.1) is 5.82 Å². The maximum Gasteiger partial charge on any atom is 0.406 e. The number of para-hydroxylation sites is 2. The standard InChI is InChI=1S/C18H17ClFN3O2/c1-25-18(24)21-10-9-17-22-15-7-2-3-8-16(15)23(17)11-12-13(19)5-4-6-14(12)20/h2-8H,9-11H2,1H3,(H,21,24). The van der Waals surface area contributed by atoms with E-state index >= 15 is 0 Å². The molecule has 0 bridgehead atoms. The number of hydrogen-bond donors (Lipinski definition) is 1. The van der Waals surface area contributed by atoms with Crippen molar-refractivity contribution in [3.8, 4) is 0 Å². The number of nitrogens with zero attached hydrogens (tertiary/aromatic N) is 2. The Bertz CT molecular complexity index is 890. The first kappa shape index (κ1) is 17.2. The van der Waals surface area contributed by atoms with Crippen molar-refractivity contribution in [2.45, 2.75) is 13.0 Å². The van der Waals surface area contributed by atoms with E-state index in [0.717, 1.165) is 16.9 Å². The molecule has 0 radical (unpaired) electrons. The van der Waals surface area contributed by atoms with Gasteiger partial charge in [-0.1, -0.05) is 29.8 Å². The Morgan fingerprint density at radius 2 is 2.08 bits per heavy atom. The number of benzene rings is 2. The SMILES string of the molecule is COC(=O)NCCc1nc2ccccc2n1Cc1c(F)cccc1Cl. The first-order chi connectivity index (χ1) is 12.1. The zero-order chi connectivity index (χ0) is 17.8. The van der Waals surface area contributed by atoms with Crippen LogP contribution in [0.3, 0.4) is 0 Å². The maximum absolute atomic E-state index is 14.2. The number of ether oxygens (including phenoxy) is 1. The summed E-state index contributed by atoms with van der Waals surface area (Å²) in [7, 11) is 1.31. The maximum atomic E-state index is 14.2. The third-order valence-electron chi connectivity index (χ3n) is 3.91. The number of halogens is 2. The second kappa shape index (κ2) is 7.53. The van der Waals surface area contributed by atoms with Crippen LogP contribution in [0.2, 0.25) is 5.02 Å². The van der Waals surface area contributed by atoms with Gasteiger partial charge in [0.2, 0.25) is 0 Å². The van der Waals surface area contributed by atoms with Gasteiger partial charge >= 0.3 is 6.09 Å². The molecule has 0 aliphatic heterocycles. The molecule has 0 saturated heterocycles. The van der Waals surface area contributed by atoms with Gasteiger partial charge in [-0.15, -0.1) is 0 Å². The first-order valence-electron chi connectivity index (χ1n) is 7.79. The quantitative estimate of drug-likeness (QED) is 0.752. The normalized spacial score (nSPS) is 10.8. The van der Waals surface area contributed by atoms with Gasteiger partial charge in [-0.05, 0) is 24.3 Å². The van der Waals surface area contributed by atoms with Gasteiger partial charge in [-0.3, -0.25) is 0 Å². The molecule has 3 rings (SSSR count). The fourth-order valence-corrected chi connectivity index (χ4v) is 2.91. The van der Waals surface area contributed by atoms with Gasteiger partial charge in [0.15, 0.2) is 0 Å². The average Bonchev–Trinajstić information content (AvgIpc) is 2.95. The van der Waals surface area contributed by atoms with Crippen LogP contribution in [-0.4, -0.2) is 29.3 Å². The second-order valence-corrected chi connectivity index (χ2v) is 5.88.